The number of carbonyl (C=O) groups excluding carboxylic acids is 1. The van der Waals surface area contributed by atoms with Crippen LogP contribution in [0.25, 0.3) is 0 Å². The number of hydrogen-bond acceptors (Lipinski definition) is 2. The molecule has 0 N–H and O–H groups in total. The van der Waals surface area contributed by atoms with Crippen LogP contribution in [0.15, 0.2) is 12.1 Å². The summed E-state index contributed by atoms with van der Waals surface area (Å²) >= 11 is 5.61. The van der Waals surface area contributed by atoms with Crippen LogP contribution in [0.5, 0.6) is 5.75 Å². The van der Waals surface area contributed by atoms with Gasteiger partial charge >= 0.3 is 0 Å². The van der Waals surface area contributed by atoms with Crippen molar-refractivity contribution in [2.24, 2.45) is 0 Å². The number of Topliss-reactive ketones (excluding diaryl/α,β-unsaturated/α-hetero) is 1. The zero-order valence-electron chi connectivity index (χ0n) is 7.93. The molecule has 0 unspecified atom stereocenters. The second kappa shape index (κ2) is 4.42. The molecule has 0 spiro atoms. The molecule has 0 aromatic heterocycles. The van der Waals surface area contributed by atoms with E-state index < -0.39 is 5.82 Å². The van der Waals surface area contributed by atoms with Crippen LogP contribution in [-0.2, 0) is 0 Å². The maximum Gasteiger partial charge on any atom is 0.161 e. The normalized spacial score (nSPS) is 10.0. The van der Waals surface area contributed by atoms with E-state index in [0.29, 0.717) is 12.4 Å². The Hall–Kier alpha value is -1.09. The molecule has 0 atom stereocenters. The first-order chi connectivity index (χ1) is 6.56. The molecule has 0 aliphatic rings. The molecule has 1 rings (SSSR count). The average Bonchev–Trinajstić information content (AvgIpc) is 2.11. The van der Waals surface area contributed by atoms with E-state index >= 15 is 0 Å². The summed E-state index contributed by atoms with van der Waals surface area (Å²) in [6.07, 6.45) is 0. The molecule has 0 heterocycles. The first-order valence-corrected chi connectivity index (χ1v) is 4.56. The molecule has 0 bridgehead atoms. The van der Waals surface area contributed by atoms with Gasteiger partial charge in [-0.05, 0) is 19.9 Å². The molecular formula is C10H10ClFO2. The fourth-order valence-electron chi connectivity index (χ4n) is 1.07. The molecule has 0 saturated carbocycles. The van der Waals surface area contributed by atoms with Crippen LogP contribution in [0, 0.1) is 5.82 Å². The van der Waals surface area contributed by atoms with Crippen molar-refractivity contribution in [3.63, 3.8) is 0 Å². The van der Waals surface area contributed by atoms with E-state index in [1.54, 1.807) is 6.92 Å². The van der Waals surface area contributed by atoms with Gasteiger partial charge in [-0.15, -0.1) is 0 Å². The highest BCUT2D eigenvalue weighted by Crippen LogP contribution is 2.26. The lowest BCUT2D eigenvalue weighted by Gasteiger charge is -2.06. The van der Waals surface area contributed by atoms with Gasteiger partial charge in [-0.2, -0.15) is 0 Å². The van der Waals surface area contributed by atoms with Crippen molar-refractivity contribution in [2.75, 3.05) is 6.61 Å². The zero-order valence-corrected chi connectivity index (χ0v) is 8.69. The SMILES string of the molecule is CCOc1cc(F)c(Cl)c(C(C)=O)c1. The van der Waals surface area contributed by atoms with Crippen molar-refractivity contribution in [3.05, 3.63) is 28.5 Å². The summed E-state index contributed by atoms with van der Waals surface area (Å²) in [6, 6.07) is 2.61. The number of ether oxygens (including phenoxy) is 1. The minimum atomic E-state index is -0.636. The maximum absolute atomic E-state index is 13.2. The molecule has 2 nitrogen and oxygen atoms in total. The van der Waals surface area contributed by atoms with Crippen molar-refractivity contribution >= 4 is 17.4 Å². The first kappa shape index (κ1) is 11.0. The summed E-state index contributed by atoms with van der Waals surface area (Å²) < 4.78 is 18.2. The second-order valence-corrected chi connectivity index (χ2v) is 3.13. The molecule has 0 saturated heterocycles. The number of rotatable bonds is 3. The van der Waals surface area contributed by atoms with Crippen LogP contribution < -0.4 is 4.74 Å². The summed E-state index contributed by atoms with van der Waals surface area (Å²) in [6.45, 7) is 3.52. The Kier molecular flexibility index (Phi) is 3.47. The first-order valence-electron chi connectivity index (χ1n) is 4.19. The minimum Gasteiger partial charge on any atom is -0.494 e. The molecule has 1 aromatic rings. The molecule has 14 heavy (non-hydrogen) atoms. The number of benzene rings is 1. The van der Waals surface area contributed by atoms with Gasteiger partial charge in [0.05, 0.1) is 11.6 Å². The summed E-state index contributed by atoms with van der Waals surface area (Å²) in [5.41, 5.74) is 0.148. The molecular weight excluding hydrogens is 207 g/mol. The Morgan fingerprint density at radius 3 is 2.71 bits per heavy atom. The van der Waals surface area contributed by atoms with Gasteiger partial charge in [0, 0.05) is 11.6 Å². The van der Waals surface area contributed by atoms with Crippen LogP contribution >= 0.6 is 11.6 Å². The second-order valence-electron chi connectivity index (χ2n) is 2.76. The van der Waals surface area contributed by atoms with Crippen molar-refractivity contribution in [2.45, 2.75) is 13.8 Å². The predicted octanol–water partition coefficient (Wildman–Crippen LogP) is 3.08. The summed E-state index contributed by atoms with van der Waals surface area (Å²) in [5, 5.41) is -0.152. The lowest BCUT2D eigenvalue weighted by molar-refractivity contribution is 0.101. The largest absolute Gasteiger partial charge is 0.494 e. The lowest BCUT2D eigenvalue weighted by atomic mass is 10.1. The van der Waals surface area contributed by atoms with Crippen LogP contribution in [0.1, 0.15) is 24.2 Å². The molecule has 1 aromatic carbocycles. The van der Waals surface area contributed by atoms with E-state index in [9.17, 15) is 9.18 Å². The van der Waals surface area contributed by atoms with Crippen LogP contribution in [0.4, 0.5) is 4.39 Å². The van der Waals surface area contributed by atoms with Gasteiger partial charge in [0.15, 0.2) is 5.78 Å². The van der Waals surface area contributed by atoms with Gasteiger partial charge < -0.3 is 4.74 Å². The van der Waals surface area contributed by atoms with Gasteiger partial charge in [-0.3, -0.25) is 4.79 Å². The van der Waals surface area contributed by atoms with Gasteiger partial charge in [0.25, 0.3) is 0 Å². The van der Waals surface area contributed by atoms with Crippen molar-refractivity contribution in [3.8, 4) is 5.75 Å². The van der Waals surface area contributed by atoms with E-state index in [2.05, 4.69) is 0 Å². The molecule has 0 amide bonds. The fraction of sp³-hybridized carbons (Fsp3) is 0.300. The van der Waals surface area contributed by atoms with E-state index in [-0.39, 0.29) is 16.4 Å². The van der Waals surface area contributed by atoms with Crippen LogP contribution in [0.3, 0.4) is 0 Å². The average molecular weight is 217 g/mol. The molecule has 76 valence electrons. The Morgan fingerprint density at radius 2 is 2.21 bits per heavy atom. The van der Waals surface area contributed by atoms with Crippen LogP contribution in [0.2, 0.25) is 5.02 Å². The monoisotopic (exact) mass is 216 g/mol. The topological polar surface area (TPSA) is 26.3 Å². The number of carbonyl (C=O) groups is 1. The highest BCUT2D eigenvalue weighted by atomic mass is 35.5. The van der Waals surface area contributed by atoms with Crippen molar-refractivity contribution in [1.29, 1.82) is 0 Å². The molecule has 0 aliphatic carbocycles. The zero-order chi connectivity index (χ0) is 10.7. The van der Waals surface area contributed by atoms with Gasteiger partial charge in [0.2, 0.25) is 0 Å². The summed E-state index contributed by atoms with van der Waals surface area (Å²) in [5.74, 6) is -0.599. The summed E-state index contributed by atoms with van der Waals surface area (Å²) in [7, 11) is 0. The van der Waals surface area contributed by atoms with Gasteiger partial charge in [-0.25, -0.2) is 4.39 Å². The van der Waals surface area contributed by atoms with E-state index in [1.165, 1.54) is 13.0 Å². The molecule has 0 fully saturated rings. The summed E-state index contributed by atoms with van der Waals surface area (Å²) in [4.78, 5) is 11.1. The van der Waals surface area contributed by atoms with Crippen molar-refractivity contribution in [1.82, 2.24) is 0 Å². The fourth-order valence-corrected chi connectivity index (χ4v) is 1.31. The Morgan fingerprint density at radius 1 is 1.57 bits per heavy atom. The molecule has 0 aliphatic heterocycles. The third kappa shape index (κ3) is 2.23. The molecule has 4 heteroatoms. The van der Waals surface area contributed by atoms with Crippen molar-refractivity contribution < 1.29 is 13.9 Å². The Balaban J connectivity index is 3.21. The standard InChI is InChI=1S/C10H10ClFO2/c1-3-14-7-4-8(6(2)13)10(11)9(12)5-7/h4-5H,3H2,1-2H3. The number of hydrogen-bond donors (Lipinski definition) is 0. The Bertz CT molecular complexity index is 363. The van der Waals surface area contributed by atoms with E-state index in [1.807, 2.05) is 0 Å². The highest BCUT2D eigenvalue weighted by Gasteiger charge is 2.12. The van der Waals surface area contributed by atoms with Crippen LogP contribution in [-0.4, -0.2) is 12.4 Å². The Labute approximate surface area is 86.6 Å². The van der Waals surface area contributed by atoms with Gasteiger partial charge in [0.1, 0.15) is 11.6 Å². The number of halogens is 2. The quantitative estimate of drug-likeness (QED) is 0.726. The predicted molar refractivity (Wildman–Crippen MR) is 52.6 cm³/mol. The third-order valence-corrected chi connectivity index (χ3v) is 2.08. The maximum atomic E-state index is 13.2. The molecule has 0 radical (unpaired) electrons. The third-order valence-electron chi connectivity index (χ3n) is 1.69. The minimum absolute atomic E-state index is 0.148. The van der Waals surface area contributed by atoms with E-state index in [4.69, 9.17) is 16.3 Å². The van der Waals surface area contributed by atoms with Gasteiger partial charge in [-0.1, -0.05) is 11.6 Å². The number of ketones is 1. The van der Waals surface area contributed by atoms with E-state index in [0.717, 1.165) is 6.07 Å². The highest BCUT2D eigenvalue weighted by molar-refractivity contribution is 6.34. The lowest BCUT2D eigenvalue weighted by Crippen LogP contribution is -1.99. The smallest absolute Gasteiger partial charge is 0.161 e.